The van der Waals surface area contributed by atoms with Gasteiger partial charge in [0.25, 0.3) is 0 Å². The molecule has 1 N–H and O–H groups in total. The molecule has 1 aromatic carbocycles. The van der Waals surface area contributed by atoms with Crippen LogP contribution in [-0.4, -0.2) is 36.2 Å². The standard InChI is InChI=1S/C16H22N4S2/c1-12-18-9-15(22-12)10-19-16(17-2)20(3)11-13-5-7-14(21-4)8-6-13/h5-9H,10-11H2,1-4H3,(H,17,19). The maximum Gasteiger partial charge on any atom is 0.193 e. The number of hydrogen-bond donors (Lipinski definition) is 1. The summed E-state index contributed by atoms with van der Waals surface area (Å²) in [5.41, 5.74) is 1.27. The predicted octanol–water partition coefficient (Wildman–Crippen LogP) is 3.38. The average Bonchev–Trinajstić information content (AvgIpc) is 2.94. The van der Waals surface area contributed by atoms with Crippen LogP contribution >= 0.6 is 23.1 Å². The van der Waals surface area contributed by atoms with E-state index in [0.717, 1.165) is 24.1 Å². The third kappa shape index (κ3) is 4.74. The van der Waals surface area contributed by atoms with E-state index in [4.69, 9.17) is 0 Å². The Morgan fingerprint density at radius 3 is 2.64 bits per heavy atom. The van der Waals surface area contributed by atoms with Crippen molar-refractivity contribution in [2.75, 3.05) is 20.4 Å². The van der Waals surface area contributed by atoms with Crippen LogP contribution in [0.3, 0.4) is 0 Å². The lowest BCUT2D eigenvalue weighted by Crippen LogP contribution is -2.37. The van der Waals surface area contributed by atoms with Gasteiger partial charge in [0, 0.05) is 36.6 Å². The number of benzene rings is 1. The zero-order valence-corrected chi connectivity index (χ0v) is 15.1. The van der Waals surface area contributed by atoms with Gasteiger partial charge in [-0.2, -0.15) is 0 Å². The van der Waals surface area contributed by atoms with E-state index in [0.29, 0.717) is 0 Å². The number of guanidine groups is 1. The van der Waals surface area contributed by atoms with Crippen molar-refractivity contribution in [3.8, 4) is 0 Å². The predicted molar refractivity (Wildman–Crippen MR) is 96.7 cm³/mol. The molecule has 4 nitrogen and oxygen atoms in total. The molecule has 0 unspecified atom stereocenters. The molecule has 0 aliphatic carbocycles. The molecule has 22 heavy (non-hydrogen) atoms. The van der Waals surface area contributed by atoms with Crippen molar-refractivity contribution >= 4 is 29.1 Å². The van der Waals surface area contributed by atoms with E-state index in [9.17, 15) is 0 Å². The smallest absolute Gasteiger partial charge is 0.193 e. The lowest BCUT2D eigenvalue weighted by Gasteiger charge is -2.22. The van der Waals surface area contributed by atoms with Gasteiger partial charge in [0.05, 0.1) is 11.6 Å². The van der Waals surface area contributed by atoms with E-state index in [1.165, 1.54) is 15.3 Å². The molecule has 0 bridgehead atoms. The number of aromatic nitrogens is 1. The number of thioether (sulfide) groups is 1. The fraction of sp³-hybridized carbons (Fsp3) is 0.375. The van der Waals surface area contributed by atoms with Gasteiger partial charge in [0.15, 0.2) is 5.96 Å². The Bertz CT molecular complexity index is 619. The maximum absolute atomic E-state index is 4.35. The molecular weight excluding hydrogens is 312 g/mol. The van der Waals surface area contributed by atoms with Crippen LogP contribution in [0.2, 0.25) is 0 Å². The lowest BCUT2D eigenvalue weighted by molar-refractivity contribution is 0.477. The number of nitrogens with one attached hydrogen (secondary N) is 1. The van der Waals surface area contributed by atoms with Crippen LogP contribution in [0.1, 0.15) is 15.4 Å². The number of nitrogens with zero attached hydrogens (tertiary/aromatic N) is 3. The fourth-order valence-electron chi connectivity index (χ4n) is 2.12. The summed E-state index contributed by atoms with van der Waals surface area (Å²) in [7, 11) is 3.86. The number of rotatable bonds is 5. The van der Waals surface area contributed by atoms with Gasteiger partial charge in [0.2, 0.25) is 0 Å². The monoisotopic (exact) mass is 334 g/mol. The highest BCUT2D eigenvalue weighted by Gasteiger charge is 2.07. The van der Waals surface area contributed by atoms with Crippen LogP contribution in [0.4, 0.5) is 0 Å². The molecule has 2 rings (SSSR count). The summed E-state index contributed by atoms with van der Waals surface area (Å²) in [4.78, 5) is 13.3. The molecule has 0 saturated carbocycles. The Morgan fingerprint density at radius 2 is 2.09 bits per heavy atom. The number of aliphatic imine (C=N–C) groups is 1. The molecule has 0 aliphatic heterocycles. The van der Waals surface area contributed by atoms with Gasteiger partial charge in [-0.05, 0) is 30.9 Å². The van der Waals surface area contributed by atoms with E-state index < -0.39 is 0 Å². The summed E-state index contributed by atoms with van der Waals surface area (Å²) < 4.78 is 0. The van der Waals surface area contributed by atoms with Crippen molar-refractivity contribution in [1.82, 2.24) is 15.2 Å². The molecule has 0 spiro atoms. The minimum absolute atomic E-state index is 0.758. The Kier molecular flexibility index (Phi) is 6.27. The second-order valence-electron chi connectivity index (χ2n) is 4.95. The van der Waals surface area contributed by atoms with Crippen molar-refractivity contribution in [2.24, 2.45) is 4.99 Å². The van der Waals surface area contributed by atoms with E-state index in [1.807, 2.05) is 20.2 Å². The van der Waals surface area contributed by atoms with Crippen LogP contribution in [0.5, 0.6) is 0 Å². The Balaban J connectivity index is 1.91. The van der Waals surface area contributed by atoms with Gasteiger partial charge < -0.3 is 10.2 Å². The number of hydrogen-bond acceptors (Lipinski definition) is 4. The van der Waals surface area contributed by atoms with Crippen molar-refractivity contribution in [2.45, 2.75) is 24.9 Å². The third-order valence-electron chi connectivity index (χ3n) is 3.24. The molecule has 0 saturated heterocycles. The van der Waals surface area contributed by atoms with E-state index in [1.54, 1.807) is 23.1 Å². The first-order valence-electron chi connectivity index (χ1n) is 7.08. The van der Waals surface area contributed by atoms with Gasteiger partial charge >= 0.3 is 0 Å². The summed E-state index contributed by atoms with van der Waals surface area (Å²) in [6.07, 6.45) is 4.01. The van der Waals surface area contributed by atoms with Crippen molar-refractivity contribution in [1.29, 1.82) is 0 Å². The zero-order chi connectivity index (χ0) is 15.9. The highest BCUT2D eigenvalue weighted by Crippen LogP contribution is 2.16. The highest BCUT2D eigenvalue weighted by molar-refractivity contribution is 7.98. The molecule has 0 atom stereocenters. The number of aryl methyl sites for hydroxylation is 1. The second kappa shape index (κ2) is 8.19. The topological polar surface area (TPSA) is 40.5 Å². The van der Waals surface area contributed by atoms with Crippen LogP contribution in [0.15, 0.2) is 40.4 Å². The molecule has 0 amide bonds. The Morgan fingerprint density at radius 1 is 1.36 bits per heavy atom. The van der Waals surface area contributed by atoms with Crippen molar-refractivity contribution < 1.29 is 0 Å². The van der Waals surface area contributed by atoms with Crippen LogP contribution in [-0.2, 0) is 13.1 Å². The lowest BCUT2D eigenvalue weighted by atomic mass is 10.2. The largest absolute Gasteiger partial charge is 0.351 e. The number of thiazole rings is 1. The highest BCUT2D eigenvalue weighted by atomic mass is 32.2. The van der Waals surface area contributed by atoms with Gasteiger partial charge in [0.1, 0.15) is 0 Å². The SMILES string of the molecule is CN=C(NCc1cnc(C)s1)N(C)Cc1ccc(SC)cc1. The summed E-state index contributed by atoms with van der Waals surface area (Å²) >= 11 is 3.47. The van der Waals surface area contributed by atoms with E-state index >= 15 is 0 Å². The van der Waals surface area contributed by atoms with Crippen molar-refractivity contribution in [3.63, 3.8) is 0 Å². The van der Waals surface area contributed by atoms with Gasteiger partial charge in [-0.1, -0.05) is 12.1 Å². The first-order valence-corrected chi connectivity index (χ1v) is 9.12. The molecular formula is C16H22N4S2. The first kappa shape index (κ1) is 16.8. The van der Waals surface area contributed by atoms with Crippen LogP contribution in [0, 0.1) is 6.92 Å². The van der Waals surface area contributed by atoms with Gasteiger partial charge in [-0.3, -0.25) is 4.99 Å². The van der Waals surface area contributed by atoms with Crippen molar-refractivity contribution in [3.05, 3.63) is 45.9 Å². The summed E-state index contributed by atoms with van der Waals surface area (Å²) in [6.45, 7) is 3.61. The van der Waals surface area contributed by atoms with Gasteiger partial charge in [-0.15, -0.1) is 23.1 Å². The zero-order valence-electron chi connectivity index (χ0n) is 13.5. The summed E-state index contributed by atoms with van der Waals surface area (Å²) in [5.74, 6) is 0.889. The Hall–Kier alpha value is -1.53. The molecule has 6 heteroatoms. The second-order valence-corrected chi connectivity index (χ2v) is 7.15. The first-order chi connectivity index (χ1) is 10.6. The molecule has 0 aliphatic rings. The third-order valence-corrected chi connectivity index (χ3v) is 4.90. The van der Waals surface area contributed by atoms with Crippen LogP contribution in [0.25, 0.3) is 0 Å². The fourth-order valence-corrected chi connectivity index (χ4v) is 3.26. The van der Waals surface area contributed by atoms with Crippen LogP contribution < -0.4 is 5.32 Å². The van der Waals surface area contributed by atoms with E-state index in [2.05, 4.69) is 57.8 Å². The maximum atomic E-state index is 4.35. The minimum Gasteiger partial charge on any atom is -0.351 e. The quantitative estimate of drug-likeness (QED) is 0.517. The molecule has 1 aromatic heterocycles. The molecule has 2 aromatic rings. The average molecular weight is 335 g/mol. The summed E-state index contributed by atoms with van der Waals surface area (Å²) in [5, 5.41) is 4.48. The Labute approximate surface area is 140 Å². The summed E-state index contributed by atoms with van der Waals surface area (Å²) in [6, 6.07) is 8.65. The molecule has 0 radical (unpaired) electrons. The molecule has 118 valence electrons. The molecule has 0 fully saturated rings. The van der Waals surface area contributed by atoms with Gasteiger partial charge in [-0.25, -0.2) is 4.98 Å². The minimum atomic E-state index is 0.758. The normalized spacial score (nSPS) is 11.5. The molecule has 1 heterocycles. The van der Waals surface area contributed by atoms with E-state index in [-0.39, 0.29) is 0 Å².